The molecule has 0 radical (unpaired) electrons. The van der Waals surface area contributed by atoms with E-state index in [0.717, 1.165) is 31.6 Å². The Morgan fingerprint density at radius 2 is 1.82 bits per heavy atom. The number of hydrogen-bond acceptors (Lipinski definition) is 3. The molecule has 0 atom stereocenters. The summed E-state index contributed by atoms with van der Waals surface area (Å²) in [6, 6.07) is 3.80. The highest BCUT2D eigenvalue weighted by Gasteiger charge is 2.20. The van der Waals surface area contributed by atoms with E-state index in [1.54, 1.807) is 6.07 Å². The summed E-state index contributed by atoms with van der Waals surface area (Å²) in [7, 11) is 1.98. The third-order valence-corrected chi connectivity index (χ3v) is 3.98. The zero-order valence-corrected chi connectivity index (χ0v) is 11.2. The standard InChI is InChI=1S/C12H16Cl2N2O/c1-15-8-2-4-16(5-3-8)11-6-9(13)10(14)7-12(11)17/h6-8,15,17H,2-5H2,1H3. The van der Waals surface area contributed by atoms with Crippen molar-refractivity contribution in [2.75, 3.05) is 25.0 Å². The van der Waals surface area contributed by atoms with Gasteiger partial charge in [-0.05, 0) is 26.0 Å². The lowest BCUT2D eigenvalue weighted by Crippen LogP contribution is -2.41. The molecule has 0 spiro atoms. The van der Waals surface area contributed by atoms with Gasteiger partial charge in [0.15, 0.2) is 0 Å². The van der Waals surface area contributed by atoms with Gasteiger partial charge in [-0.1, -0.05) is 23.2 Å². The van der Waals surface area contributed by atoms with Crippen LogP contribution in [-0.2, 0) is 0 Å². The number of nitrogens with one attached hydrogen (secondary N) is 1. The molecule has 2 N–H and O–H groups in total. The van der Waals surface area contributed by atoms with Crippen molar-refractivity contribution < 1.29 is 5.11 Å². The van der Waals surface area contributed by atoms with Crippen molar-refractivity contribution in [2.24, 2.45) is 0 Å². The molecule has 1 heterocycles. The van der Waals surface area contributed by atoms with Crippen molar-refractivity contribution in [1.29, 1.82) is 0 Å². The fourth-order valence-electron chi connectivity index (χ4n) is 2.19. The summed E-state index contributed by atoms with van der Waals surface area (Å²) in [5, 5.41) is 14.0. The lowest BCUT2D eigenvalue weighted by molar-refractivity contribution is 0.432. The molecule has 1 aromatic rings. The quantitative estimate of drug-likeness (QED) is 0.871. The summed E-state index contributed by atoms with van der Waals surface area (Å²) < 4.78 is 0. The molecule has 0 bridgehead atoms. The topological polar surface area (TPSA) is 35.5 Å². The first-order valence-corrected chi connectivity index (χ1v) is 6.47. The Bertz CT molecular complexity index is 404. The van der Waals surface area contributed by atoms with E-state index in [1.165, 1.54) is 6.07 Å². The van der Waals surface area contributed by atoms with Crippen LogP contribution in [0.1, 0.15) is 12.8 Å². The van der Waals surface area contributed by atoms with Gasteiger partial charge in [-0.25, -0.2) is 0 Å². The summed E-state index contributed by atoms with van der Waals surface area (Å²) in [4.78, 5) is 2.14. The molecule has 0 amide bonds. The fraction of sp³-hybridized carbons (Fsp3) is 0.500. The molecule has 2 rings (SSSR count). The van der Waals surface area contributed by atoms with Crippen LogP contribution in [0.2, 0.25) is 10.0 Å². The van der Waals surface area contributed by atoms with E-state index in [4.69, 9.17) is 23.2 Å². The van der Waals surface area contributed by atoms with Crippen molar-refractivity contribution in [1.82, 2.24) is 5.32 Å². The van der Waals surface area contributed by atoms with E-state index >= 15 is 0 Å². The first-order valence-electron chi connectivity index (χ1n) is 5.72. The number of phenolic OH excluding ortho intramolecular Hbond substituents is 1. The normalized spacial score (nSPS) is 17.5. The molecule has 17 heavy (non-hydrogen) atoms. The Balaban J connectivity index is 2.16. The molecular formula is C12H16Cl2N2O. The minimum Gasteiger partial charge on any atom is -0.506 e. The van der Waals surface area contributed by atoms with Gasteiger partial charge in [0.25, 0.3) is 0 Å². The van der Waals surface area contributed by atoms with Gasteiger partial charge >= 0.3 is 0 Å². The van der Waals surface area contributed by atoms with Crippen LogP contribution in [0.5, 0.6) is 5.75 Å². The molecule has 0 unspecified atom stereocenters. The van der Waals surface area contributed by atoms with Crippen molar-refractivity contribution in [3.63, 3.8) is 0 Å². The number of halogens is 2. The molecule has 5 heteroatoms. The monoisotopic (exact) mass is 274 g/mol. The van der Waals surface area contributed by atoms with Crippen molar-refractivity contribution in [2.45, 2.75) is 18.9 Å². The number of aromatic hydroxyl groups is 1. The van der Waals surface area contributed by atoms with Gasteiger partial charge in [-0.2, -0.15) is 0 Å². The van der Waals surface area contributed by atoms with Gasteiger partial charge in [-0.3, -0.25) is 0 Å². The van der Waals surface area contributed by atoms with Gasteiger partial charge in [0.2, 0.25) is 0 Å². The molecule has 94 valence electrons. The van der Waals surface area contributed by atoms with Gasteiger partial charge < -0.3 is 15.3 Å². The fourth-order valence-corrected chi connectivity index (χ4v) is 2.50. The van der Waals surface area contributed by atoms with E-state index in [9.17, 15) is 5.11 Å². The first kappa shape index (κ1) is 12.8. The molecule has 1 aromatic carbocycles. The zero-order valence-electron chi connectivity index (χ0n) is 9.71. The van der Waals surface area contributed by atoms with Crippen LogP contribution >= 0.6 is 23.2 Å². The average molecular weight is 275 g/mol. The predicted molar refractivity (Wildman–Crippen MR) is 72.4 cm³/mol. The van der Waals surface area contributed by atoms with Crippen LogP contribution < -0.4 is 10.2 Å². The number of hydrogen-bond donors (Lipinski definition) is 2. The third kappa shape index (κ3) is 2.79. The largest absolute Gasteiger partial charge is 0.506 e. The summed E-state index contributed by atoms with van der Waals surface area (Å²) in [6.45, 7) is 1.83. The maximum absolute atomic E-state index is 9.89. The molecule has 1 aliphatic heterocycles. The van der Waals surface area contributed by atoms with E-state index in [2.05, 4.69) is 10.2 Å². The lowest BCUT2D eigenvalue weighted by Gasteiger charge is -2.33. The molecule has 1 saturated heterocycles. The average Bonchev–Trinajstić information content (AvgIpc) is 2.34. The molecule has 3 nitrogen and oxygen atoms in total. The number of rotatable bonds is 2. The Kier molecular flexibility index (Phi) is 4.02. The molecular weight excluding hydrogens is 259 g/mol. The number of anilines is 1. The van der Waals surface area contributed by atoms with Crippen LogP contribution in [0.4, 0.5) is 5.69 Å². The maximum atomic E-state index is 9.89. The smallest absolute Gasteiger partial charge is 0.140 e. The van der Waals surface area contributed by atoms with Crippen LogP contribution in [0.25, 0.3) is 0 Å². The molecule has 0 saturated carbocycles. The van der Waals surface area contributed by atoms with Gasteiger partial charge in [0.05, 0.1) is 15.7 Å². The Hall–Kier alpha value is -0.640. The van der Waals surface area contributed by atoms with Crippen molar-refractivity contribution in [3.8, 4) is 5.75 Å². The highest BCUT2D eigenvalue weighted by Crippen LogP contribution is 2.36. The summed E-state index contributed by atoms with van der Waals surface area (Å²) >= 11 is 11.8. The van der Waals surface area contributed by atoms with E-state index in [1.807, 2.05) is 7.05 Å². The van der Waals surface area contributed by atoms with Crippen molar-refractivity contribution >= 4 is 28.9 Å². The molecule has 1 aliphatic rings. The first-order chi connectivity index (χ1) is 8.11. The maximum Gasteiger partial charge on any atom is 0.140 e. The Labute approximate surface area is 111 Å². The van der Waals surface area contributed by atoms with E-state index < -0.39 is 0 Å². The second-order valence-electron chi connectivity index (χ2n) is 4.31. The van der Waals surface area contributed by atoms with Crippen molar-refractivity contribution in [3.05, 3.63) is 22.2 Å². The zero-order chi connectivity index (χ0) is 12.4. The van der Waals surface area contributed by atoms with E-state index in [0.29, 0.717) is 16.1 Å². The highest BCUT2D eigenvalue weighted by atomic mass is 35.5. The second-order valence-corrected chi connectivity index (χ2v) is 5.12. The lowest BCUT2D eigenvalue weighted by atomic mass is 10.0. The number of phenols is 1. The highest BCUT2D eigenvalue weighted by molar-refractivity contribution is 6.42. The van der Waals surface area contributed by atoms with Crippen LogP contribution in [0, 0.1) is 0 Å². The number of benzene rings is 1. The SMILES string of the molecule is CNC1CCN(c2cc(Cl)c(Cl)cc2O)CC1. The van der Waals surface area contributed by atoms with Gasteiger partial charge in [0.1, 0.15) is 5.75 Å². The minimum atomic E-state index is 0.197. The number of piperidine rings is 1. The summed E-state index contributed by atoms with van der Waals surface area (Å²) in [6.07, 6.45) is 2.13. The molecule has 0 aromatic heterocycles. The minimum absolute atomic E-state index is 0.197. The van der Waals surface area contributed by atoms with Gasteiger partial charge in [0, 0.05) is 25.2 Å². The molecule has 0 aliphatic carbocycles. The molecule has 1 fully saturated rings. The van der Waals surface area contributed by atoms with Gasteiger partial charge in [-0.15, -0.1) is 0 Å². The third-order valence-electron chi connectivity index (χ3n) is 3.26. The van der Waals surface area contributed by atoms with Crippen LogP contribution in [0.15, 0.2) is 12.1 Å². The van der Waals surface area contributed by atoms with Crippen LogP contribution in [0.3, 0.4) is 0 Å². The summed E-state index contributed by atoms with van der Waals surface area (Å²) in [5.41, 5.74) is 0.772. The Morgan fingerprint density at radius 1 is 1.24 bits per heavy atom. The Morgan fingerprint density at radius 3 is 2.41 bits per heavy atom. The predicted octanol–water partition coefficient (Wildman–Crippen LogP) is 2.89. The van der Waals surface area contributed by atoms with Crippen LogP contribution in [-0.4, -0.2) is 31.3 Å². The number of nitrogens with zero attached hydrogens (tertiary/aromatic N) is 1. The summed E-state index contributed by atoms with van der Waals surface area (Å²) in [5.74, 6) is 0.197. The van der Waals surface area contributed by atoms with E-state index in [-0.39, 0.29) is 5.75 Å². The second kappa shape index (κ2) is 5.34.